The quantitative estimate of drug-likeness (QED) is 0.364. The van der Waals surface area contributed by atoms with E-state index in [1.54, 1.807) is 0 Å². The van der Waals surface area contributed by atoms with Crippen LogP contribution in [0.3, 0.4) is 0 Å². The number of hydrogen-bond donors (Lipinski definition) is 1. The van der Waals surface area contributed by atoms with Crippen LogP contribution < -0.4 is 5.32 Å². The third-order valence-corrected chi connectivity index (χ3v) is 6.71. The van der Waals surface area contributed by atoms with Gasteiger partial charge >= 0.3 is 0 Å². The highest BCUT2D eigenvalue weighted by atomic mass is 127. The van der Waals surface area contributed by atoms with Gasteiger partial charge in [0.25, 0.3) is 0 Å². The lowest BCUT2D eigenvalue weighted by Crippen LogP contribution is -2.46. The third kappa shape index (κ3) is 6.74. The lowest BCUT2D eigenvalue weighted by atomic mass is 9.73. The largest absolute Gasteiger partial charge is 0.357 e. The van der Waals surface area contributed by atoms with Crippen molar-refractivity contribution in [1.29, 1.82) is 0 Å². The van der Waals surface area contributed by atoms with Crippen LogP contribution in [0.4, 0.5) is 0 Å². The van der Waals surface area contributed by atoms with Crippen LogP contribution in [0.5, 0.6) is 0 Å². The standard InChI is InChI=1S/C21H41N5.HI/c1-4-22-20(26-11-10-21(18-26)8-6-5-7-9-21)23-16-19(2)17-25-14-12-24(3)13-15-25;/h19H,4-18H2,1-3H3,(H,22,23);1H. The number of aliphatic imine (C=N–C) groups is 1. The normalized spacial score (nSPS) is 25.4. The van der Waals surface area contributed by atoms with Gasteiger partial charge in [-0.25, -0.2) is 0 Å². The van der Waals surface area contributed by atoms with Crippen molar-refractivity contribution in [2.45, 2.75) is 52.4 Å². The van der Waals surface area contributed by atoms with Crippen molar-refractivity contribution >= 4 is 29.9 Å². The highest BCUT2D eigenvalue weighted by Crippen LogP contribution is 2.43. The van der Waals surface area contributed by atoms with Crippen LogP contribution in [-0.4, -0.2) is 86.6 Å². The average molecular weight is 492 g/mol. The summed E-state index contributed by atoms with van der Waals surface area (Å²) in [6.45, 7) is 14.9. The monoisotopic (exact) mass is 491 g/mol. The van der Waals surface area contributed by atoms with Crippen LogP contribution in [-0.2, 0) is 0 Å². The van der Waals surface area contributed by atoms with Gasteiger partial charge in [0.2, 0.25) is 0 Å². The Morgan fingerprint density at radius 3 is 2.41 bits per heavy atom. The Kier molecular flexibility index (Phi) is 9.62. The number of rotatable bonds is 5. The number of halogens is 1. The summed E-state index contributed by atoms with van der Waals surface area (Å²) >= 11 is 0. The fraction of sp³-hybridized carbons (Fsp3) is 0.952. The Bertz CT molecular complexity index is 455. The minimum absolute atomic E-state index is 0. The van der Waals surface area contributed by atoms with E-state index in [0.717, 1.165) is 13.1 Å². The lowest BCUT2D eigenvalue weighted by molar-refractivity contribution is 0.140. The zero-order valence-electron chi connectivity index (χ0n) is 17.9. The van der Waals surface area contributed by atoms with Gasteiger partial charge in [0.15, 0.2) is 5.96 Å². The van der Waals surface area contributed by atoms with Crippen molar-refractivity contribution in [3.05, 3.63) is 0 Å². The molecule has 158 valence electrons. The van der Waals surface area contributed by atoms with Gasteiger partial charge in [-0.2, -0.15) is 0 Å². The van der Waals surface area contributed by atoms with Gasteiger partial charge in [-0.05, 0) is 44.6 Å². The molecule has 1 aliphatic carbocycles. The first-order valence-corrected chi connectivity index (χ1v) is 11.0. The van der Waals surface area contributed by atoms with Crippen molar-refractivity contribution < 1.29 is 0 Å². The van der Waals surface area contributed by atoms with Crippen LogP contribution in [0.1, 0.15) is 52.4 Å². The van der Waals surface area contributed by atoms with E-state index in [-0.39, 0.29) is 24.0 Å². The number of likely N-dealkylation sites (tertiary alicyclic amines) is 1. The summed E-state index contributed by atoms with van der Waals surface area (Å²) in [7, 11) is 2.23. The van der Waals surface area contributed by atoms with Gasteiger partial charge in [0.05, 0.1) is 0 Å². The van der Waals surface area contributed by atoms with Crippen LogP contribution in [0, 0.1) is 11.3 Å². The molecule has 3 rings (SSSR count). The van der Waals surface area contributed by atoms with Gasteiger partial charge in [0.1, 0.15) is 0 Å². The predicted molar refractivity (Wildman–Crippen MR) is 126 cm³/mol. The first-order valence-electron chi connectivity index (χ1n) is 11.0. The van der Waals surface area contributed by atoms with Crippen molar-refractivity contribution in [2.24, 2.45) is 16.3 Å². The van der Waals surface area contributed by atoms with Gasteiger partial charge in [-0.1, -0.05) is 26.2 Å². The molecule has 2 saturated heterocycles. The van der Waals surface area contributed by atoms with Crippen molar-refractivity contribution in [1.82, 2.24) is 20.0 Å². The molecule has 0 amide bonds. The maximum atomic E-state index is 5.05. The molecule has 1 atom stereocenters. The number of nitrogens with zero attached hydrogens (tertiary/aromatic N) is 4. The number of likely N-dealkylation sites (N-methyl/N-ethyl adjacent to an activating group) is 1. The van der Waals surface area contributed by atoms with Crippen LogP contribution >= 0.6 is 24.0 Å². The van der Waals surface area contributed by atoms with E-state index in [4.69, 9.17) is 4.99 Å². The third-order valence-electron chi connectivity index (χ3n) is 6.71. The predicted octanol–water partition coefficient (Wildman–Crippen LogP) is 3.11. The summed E-state index contributed by atoms with van der Waals surface area (Å²) in [5.74, 6) is 1.79. The molecule has 3 aliphatic rings. The lowest BCUT2D eigenvalue weighted by Gasteiger charge is -2.34. The molecule has 2 aliphatic heterocycles. The van der Waals surface area contributed by atoms with E-state index in [2.05, 4.69) is 40.9 Å². The summed E-state index contributed by atoms with van der Waals surface area (Å²) in [5, 5.41) is 3.57. The molecular formula is C21H42IN5. The smallest absolute Gasteiger partial charge is 0.193 e. The molecule has 2 heterocycles. The van der Waals surface area contributed by atoms with Gasteiger partial charge in [0, 0.05) is 58.9 Å². The van der Waals surface area contributed by atoms with Crippen LogP contribution in [0.25, 0.3) is 0 Å². The number of piperazine rings is 1. The molecule has 1 unspecified atom stereocenters. The molecule has 0 aromatic carbocycles. The molecule has 0 radical (unpaired) electrons. The minimum atomic E-state index is 0. The van der Waals surface area contributed by atoms with E-state index >= 15 is 0 Å². The Morgan fingerprint density at radius 2 is 1.74 bits per heavy atom. The Balaban J connectivity index is 0.00000261. The molecule has 0 aromatic heterocycles. The second kappa shape index (κ2) is 11.2. The number of hydrogen-bond acceptors (Lipinski definition) is 3. The molecule has 1 N–H and O–H groups in total. The molecule has 3 fully saturated rings. The number of guanidine groups is 1. The minimum Gasteiger partial charge on any atom is -0.357 e. The fourth-order valence-corrected chi connectivity index (χ4v) is 5.02. The Hall–Kier alpha value is -0.0800. The zero-order valence-corrected chi connectivity index (χ0v) is 20.2. The topological polar surface area (TPSA) is 34.1 Å². The molecule has 1 spiro atoms. The molecule has 6 heteroatoms. The maximum absolute atomic E-state index is 5.05. The van der Waals surface area contributed by atoms with E-state index < -0.39 is 0 Å². The average Bonchev–Trinajstić information content (AvgIpc) is 3.04. The summed E-state index contributed by atoms with van der Waals surface area (Å²) in [6, 6.07) is 0. The number of nitrogens with one attached hydrogen (secondary N) is 1. The molecule has 5 nitrogen and oxygen atoms in total. The van der Waals surface area contributed by atoms with Gasteiger partial charge in [-0.3, -0.25) is 4.99 Å². The Labute approximate surface area is 184 Å². The van der Waals surface area contributed by atoms with E-state index in [1.807, 2.05) is 0 Å². The van der Waals surface area contributed by atoms with Gasteiger partial charge < -0.3 is 20.0 Å². The molecule has 0 aromatic rings. The first kappa shape index (κ1) is 23.2. The van der Waals surface area contributed by atoms with E-state index in [0.29, 0.717) is 11.3 Å². The van der Waals surface area contributed by atoms with Crippen LogP contribution in [0.15, 0.2) is 4.99 Å². The second-order valence-electron chi connectivity index (χ2n) is 9.14. The fourth-order valence-electron chi connectivity index (χ4n) is 5.02. The molecule has 27 heavy (non-hydrogen) atoms. The summed E-state index contributed by atoms with van der Waals surface area (Å²) < 4.78 is 0. The van der Waals surface area contributed by atoms with Gasteiger partial charge in [-0.15, -0.1) is 24.0 Å². The van der Waals surface area contributed by atoms with Crippen molar-refractivity contribution in [3.8, 4) is 0 Å². The second-order valence-corrected chi connectivity index (χ2v) is 9.14. The molecule has 1 saturated carbocycles. The maximum Gasteiger partial charge on any atom is 0.193 e. The summed E-state index contributed by atoms with van der Waals surface area (Å²) in [6.07, 6.45) is 8.55. The van der Waals surface area contributed by atoms with Crippen molar-refractivity contribution in [2.75, 3.05) is 66.0 Å². The highest BCUT2D eigenvalue weighted by molar-refractivity contribution is 14.0. The summed E-state index contributed by atoms with van der Waals surface area (Å²) in [4.78, 5) is 12.6. The van der Waals surface area contributed by atoms with Crippen LogP contribution in [0.2, 0.25) is 0 Å². The SMILES string of the molecule is CCNC(=NCC(C)CN1CCN(C)CC1)N1CCC2(CCCCC2)C1.I. The van der Waals surface area contributed by atoms with Crippen molar-refractivity contribution in [3.63, 3.8) is 0 Å². The summed E-state index contributed by atoms with van der Waals surface area (Å²) in [5.41, 5.74) is 0.597. The zero-order chi connectivity index (χ0) is 18.4. The Morgan fingerprint density at radius 1 is 1.04 bits per heavy atom. The first-order chi connectivity index (χ1) is 12.6. The van der Waals surface area contributed by atoms with E-state index in [1.165, 1.54) is 90.3 Å². The molecule has 0 bridgehead atoms. The highest BCUT2D eigenvalue weighted by Gasteiger charge is 2.39. The molecular weight excluding hydrogens is 449 g/mol. The van der Waals surface area contributed by atoms with E-state index in [9.17, 15) is 0 Å².